The second-order valence-electron chi connectivity index (χ2n) is 5.15. The van der Waals surface area contributed by atoms with Crippen LogP contribution in [0.2, 0.25) is 0 Å². The minimum Gasteiger partial charge on any atom is -0.394 e. The molecule has 0 heterocycles. The van der Waals surface area contributed by atoms with Crippen LogP contribution in [-0.2, 0) is 4.79 Å². The van der Waals surface area contributed by atoms with E-state index in [1.807, 2.05) is 0 Å². The summed E-state index contributed by atoms with van der Waals surface area (Å²) in [5, 5.41) is 11.7. The molecule has 1 aliphatic rings. The molecule has 16 heavy (non-hydrogen) atoms. The Kier molecular flexibility index (Phi) is 5.22. The number of nitrogens with one attached hydrogen (secondary N) is 1. The van der Waals surface area contributed by atoms with Gasteiger partial charge in [-0.3, -0.25) is 4.79 Å². The van der Waals surface area contributed by atoms with Crippen molar-refractivity contribution in [3.8, 4) is 0 Å². The van der Waals surface area contributed by atoms with Crippen LogP contribution < -0.4 is 11.1 Å². The second-order valence-corrected chi connectivity index (χ2v) is 5.15. The van der Waals surface area contributed by atoms with Crippen molar-refractivity contribution >= 4 is 5.91 Å². The van der Waals surface area contributed by atoms with Gasteiger partial charge < -0.3 is 16.2 Å². The molecule has 0 aromatic carbocycles. The van der Waals surface area contributed by atoms with Gasteiger partial charge in [0.15, 0.2) is 0 Å². The Morgan fingerprint density at radius 2 is 1.94 bits per heavy atom. The van der Waals surface area contributed by atoms with E-state index in [0.29, 0.717) is 0 Å². The van der Waals surface area contributed by atoms with Crippen LogP contribution in [0.3, 0.4) is 0 Å². The average Bonchev–Trinajstić information content (AvgIpc) is 2.28. The first-order chi connectivity index (χ1) is 7.54. The van der Waals surface area contributed by atoms with E-state index >= 15 is 0 Å². The van der Waals surface area contributed by atoms with Gasteiger partial charge in [-0.05, 0) is 37.5 Å². The molecule has 1 amide bonds. The van der Waals surface area contributed by atoms with Gasteiger partial charge in [-0.15, -0.1) is 0 Å². The number of aliphatic hydroxyl groups excluding tert-OH is 1. The van der Waals surface area contributed by atoms with E-state index in [1.165, 1.54) is 12.8 Å². The van der Waals surface area contributed by atoms with Gasteiger partial charge in [0.25, 0.3) is 0 Å². The molecule has 0 bridgehead atoms. The van der Waals surface area contributed by atoms with Gasteiger partial charge in [-0.25, -0.2) is 0 Å². The molecule has 1 aliphatic carbocycles. The summed E-state index contributed by atoms with van der Waals surface area (Å²) in [6.45, 7) is 4.23. The Morgan fingerprint density at radius 3 is 2.38 bits per heavy atom. The fourth-order valence-corrected chi connectivity index (χ4v) is 2.32. The van der Waals surface area contributed by atoms with Crippen molar-refractivity contribution in [2.45, 2.75) is 51.6 Å². The average molecular weight is 228 g/mol. The number of hydrogen-bond acceptors (Lipinski definition) is 3. The zero-order valence-electron chi connectivity index (χ0n) is 10.3. The van der Waals surface area contributed by atoms with Crippen LogP contribution in [0.15, 0.2) is 0 Å². The Morgan fingerprint density at radius 1 is 1.38 bits per heavy atom. The first-order valence-electron chi connectivity index (χ1n) is 6.21. The summed E-state index contributed by atoms with van der Waals surface area (Å²) in [7, 11) is 0. The molecule has 1 atom stereocenters. The molecule has 1 saturated carbocycles. The van der Waals surface area contributed by atoms with Crippen LogP contribution in [0, 0.1) is 11.8 Å². The van der Waals surface area contributed by atoms with Gasteiger partial charge >= 0.3 is 0 Å². The van der Waals surface area contributed by atoms with Crippen LogP contribution in [0.25, 0.3) is 0 Å². The Bertz CT molecular complexity index is 223. The molecule has 0 spiro atoms. The van der Waals surface area contributed by atoms with Gasteiger partial charge in [-0.2, -0.15) is 0 Å². The van der Waals surface area contributed by atoms with Crippen LogP contribution >= 0.6 is 0 Å². The van der Waals surface area contributed by atoms with Gasteiger partial charge in [0.05, 0.1) is 6.61 Å². The van der Waals surface area contributed by atoms with Gasteiger partial charge in [-0.1, -0.05) is 13.8 Å². The number of rotatable bonds is 4. The molecule has 94 valence electrons. The highest BCUT2D eigenvalue weighted by Crippen LogP contribution is 2.29. The molecular formula is C12H24N2O2. The van der Waals surface area contributed by atoms with Crippen LogP contribution in [0.1, 0.15) is 39.5 Å². The van der Waals surface area contributed by atoms with E-state index in [1.54, 1.807) is 0 Å². The van der Waals surface area contributed by atoms with E-state index in [-0.39, 0.29) is 18.6 Å². The molecule has 0 aliphatic heterocycles. The van der Waals surface area contributed by atoms with E-state index < -0.39 is 6.04 Å². The first-order valence-corrected chi connectivity index (χ1v) is 6.21. The summed E-state index contributed by atoms with van der Waals surface area (Å²) in [4.78, 5) is 11.5. The van der Waals surface area contributed by atoms with Crippen molar-refractivity contribution in [3.05, 3.63) is 0 Å². The maximum Gasteiger partial charge on any atom is 0.239 e. The predicted molar refractivity (Wildman–Crippen MR) is 63.8 cm³/mol. The summed E-state index contributed by atoms with van der Waals surface area (Å²) in [5.74, 6) is 1.30. The molecule has 0 unspecified atom stereocenters. The zero-order chi connectivity index (χ0) is 12.1. The van der Waals surface area contributed by atoms with Crippen LogP contribution in [0.5, 0.6) is 0 Å². The normalized spacial score (nSPS) is 27.8. The zero-order valence-corrected chi connectivity index (χ0v) is 10.3. The number of carbonyl (C=O) groups is 1. The van der Waals surface area contributed by atoms with E-state index in [9.17, 15) is 4.79 Å². The maximum atomic E-state index is 11.5. The van der Waals surface area contributed by atoms with Gasteiger partial charge in [0, 0.05) is 6.04 Å². The van der Waals surface area contributed by atoms with E-state index in [2.05, 4.69) is 19.2 Å². The van der Waals surface area contributed by atoms with Crippen molar-refractivity contribution in [2.75, 3.05) is 6.61 Å². The number of hydrogen-bond donors (Lipinski definition) is 3. The quantitative estimate of drug-likeness (QED) is 0.661. The molecule has 4 nitrogen and oxygen atoms in total. The monoisotopic (exact) mass is 228 g/mol. The van der Waals surface area contributed by atoms with Crippen LogP contribution in [0.4, 0.5) is 0 Å². The van der Waals surface area contributed by atoms with Crippen molar-refractivity contribution in [2.24, 2.45) is 17.6 Å². The van der Waals surface area contributed by atoms with Crippen molar-refractivity contribution in [1.29, 1.82) is 0 Å². The smallest absolute Gasteiger partial charge is 0.239 e. The predicted octanol–water partition coefficient (Wildman–Crippen LogP) is 0.637. The maximum absolute atomic E-state index is 11.5. The first kappa shape index (κ1) is 13.5. The summed E-state index contributed by atoms with van der Waals surface area (Å²) in [5.41, 5.74) is 5.45. The Balaban J connectivity index is 2.29. The SMILES string of the molecule is CC(C)[C@H]1CC[C@H](NC(=O)[C@@H](N)CO)CC1. The third-order valence-corrected chi connectivity index (χ3v) is 3.59. The minimum absolute atomic E-state index is 0.226. The molecule has 0 radical (unpaired) electrons. The number of aliphatic hydroxyl groups is 1. The van der Waals surface area contributed by atoms with Gasteiger partial charge in [0.1, 0.15) is 6.04 Å². The Hall–Kier alpha value is -0.610. The van der Waals surface area contributed by atoms with Crippen molar-refractivity contribution in [3.63, 3.8) is 0 Å². The standard InChI is InChI=1S/C12H24N2O2/c1-8(2)9-3-5-10(6-4-9)14-12(16)11(13)7-15/h8-11,15H,3-7,13H2,1-2H3,(H,14,16)/t9-,10-,11-/m0/s1. The number of carbonyl (C=O) groups excluding carboxylic acids is 1. The Labute approximate surface area is 97.6 Å². The third kappa shape index (κ3) is 3.76. The van der Waals surface area contributed by atoms with Crippen molar-refractivity contribution in [1.82, 2.24) is 5.32 Å². The summed E-state index contributed by atoms with van der Waals surface area (Å²) in [6, 6.07) is -0.525. The minimum atomic E-state index is -0.775. The molecule has 1 fully saturated rings. The largest absolute Gasteiger partial charge is 0.394 e. The van der Waals surface area contributed by atoms with Crippen LogP contribution in [-0.4, -0.2) is 29.7 Å². The summed E-state index contributed by atoms with van der Waals surface area (Å²) < 4.78 is 0. The number of nitrogens with two attached hydrogens (primary N) is 1. The van der Waals surface area contributed by atoms with E-state index in [4.69, 9.17) is 10.8 Å². The molecule has 4 heteroatoms. The molecule has 1 rings (SSSR count). The second kappa shape index (κ2) is 6.21. The molecule has 0 saturated heterocycles. The highest BCUT2D eigenvalue weighted by molar-refractivity contribution is 5.81. The number of amides is 1. The lowest BCUT2D eigenvalue weighted by molar-refractivity contribution is -0.124. The molecule has 0 aromatic heterocycles. The molecular weight excluding hydrogens is 204 g/mol. The highest BCUT2D eigenvalue weighted by atomic mass is 16.3. The molecule has 0 aromatic rings. The van der Waals surface area contributed by atoms with Crippen molar-refractivity contribution < 1.29 is 9.90 Å². The summed E-state index contributed by atoms with van der Waals surface area (Å²) >= 11 is 0. The van der Waals surface area contributed by atoms with E-state index in [0.717, 1.165) is 24.7 Å². The fraction of sp³-hybridized carbons (Fsp3) is 0.917. The lowest BCUT2D eigenvalue weighted by atomic mass is 9.79. The lowest BCUT2D eigenvalue weighted by Crippen LogP contribution is -2.48. The molecule has 4 N–H and O–H groups in total. The summed E-state index contributed by atoms with van der Waals surface area (Å²) in [6.07, 6.45) is 4.42. The fourth-order valence-electron chi connectivity index (χ4n) is 2.32. The topological polar surface area (TPSA) is 75.4 Å². The van der Waals surface area contributed by atoms with Gasteiger partial charge in [0.2, 0.25) is 5.91 Å². The highest BCUT2D eigenvalue weighted by Gasteiger charge is 2.25. The third-order valence-electron chi connectivity index (χ3n) is 3.59. The lowest BCUT2D eigenvalue weighted by Gasteiger charge is -2.31.